The van der Waals surface area contributed by atoms with Crippen LogP contribution in [-0.2, 0) is 14.3 Å². The molecule has 2 aromatic rings. The summed E-state index contributed by atoms with van der Waals surface area (Å²) in [5.74, 6) is -0.941. The van der Waals surface area contributed by atoms with Crippen molar-refractivity contribution in [2.24, 2.45) is 0 Å². The van der Waals surface area contributed by atoms with Gasteiger partial charge in [0, 0.05) is 29.1 Å². The number of nitrogens with one attached hydrogen (secondary N) is 2. The second-order valence-electron chi connectivity index (χ2n) is 4.75. The number of carbonyl (C=O) groups is 3. The summed E-state index contributed by atoms with van der Waals surface area (Å²) in [4.78, 5) is 37.9. The van der Waals surface area contributed by atoms with Gasteiger partial charge in [0.2, 0.25) is 5.91 Å². The molecule has 6 nitrogen and oxygen atoms in total. The van der Waals surface area contributed by atoms with Gasteiger partial charge in [0.15, 0.2) is 5.78 Å². The molecule has 0 fully saturated rings. The lowest BCUT2D eigenvalue weighted by Crippen LogP contribution is -2.29. The first kappa shape index (κ1) is 15.8. The van der Waals surface area contributed by atoms with E-state index in [1.54, 1.807) is 13.1 Å². The van der Waals surface area contributed by atoms with Gasteiger partial charge >= 0.3 is 5.97 Å². The molecule has 0 unspecified atom stereocenters. The first-order valence-corrected chi connectivity index (χ1v) is 7.13. The summed E-state index contributed by atoms with van der Waals surface area (Å²) >= 11 is 0. The molecular formula is C16H18N2O4. The van der Waals surface area contributed by atoms with E-state index in [2.05, 4.69) is 10.3 Å². The van der Waals surface area contributed by atoms with Crippen LogP contribution in [0.4, 0.5) is 0 Å². The van der Waals surface area contributed by atoms with Crippen molar-refractivity contribution >= 4 is 28.6 Å². The fourth-order valence-corrected chi connectivity index (χ4v) is 2.11. The van der Waals surface area contributed by atoms with Crippen LogP contribution in [0.2, 0.25) is 0 Å². The van der Waals surface area contributed by atoms with E-state index in [0.717, 1.165) is 10.9 Å². The van der Waals surface area contributed by atoms with Gasteiger partial charge < -0.3 is 15.0 Å². The number of H-pyrrole nitrogens is 1. The SMILES string of the molecule is CCOC(=O)CCC(=O)NCC(=O)c1c[nH]c2ccccc12. The number of para-hydroxylation sites is 1. The quantitative estimate of drug-likeness (QED) is 0.603. The number of aromatic amines is 1. The van der Waals surface area contributed by atoms with Crippen molar-refractivity contribution in [2.45, 2.75) is 19.8 Å². The van der Waals surface area contributed by atoms with Gasteiger partial charge in [-0.2, -0.15) is 0 Å². The molecule has 6 heteroatoms. The molecule has 0 aliphatic heterocycles. The molecule has 0 spiro atoms. The summed E-state index contributed by atoms with van der Waals surface area (Å²) in [6, 6.07) is 7.46. The van der Waals surface area contributed by atoms with Gasteiger partial charge in [-0.1, -0.05) is 18.2 Å². The zero-order valence-corrected chi connectivity index (χ0v) is 12.3. The summed E-state index contributed by atoms with van der Waals surface area (Å²) in [7, 11) is 0. The largest absolute Gasteiger partial charge is 0.466 e. The second kappa shape index (κ2) is 7.40. The monoisotopic (exact) mass is 302 g/mol. The summed E-state index contributed by atoms with van der Waals surface area (Å²) in [6.07, 6.45) is 1.67. The van der Waals surface area contributed by atoms with Crippen LogP contribution in [0.3, 0.4) is 0 Å². The van der Waals surface area contributed by atoms with Crippen LogP contribution in [0.5, 0.6) is 0 Å². The van der Waals surface area contributed by atoms with Crippen molar-refractivity contribution in [3.05, 3.63) is 36.0 Å². The van der Waals surface area contributed by atoms with Crippen LogP contribution in [0.1, 0.15) is 30.1 Å². The Morgan fingerprint density at radius 2 is 1.95 bits per heavy atom. The van der Waals surface area contributed by atoms with Gasteiger partial charge in [0.1, 0.15) is 0 Å². The normalized spacial score (nSPS) is 10.4. The van der Waals surface area contributed by atoms with Crippen molar-refractivity contribution < 1.29 is 19.1 Å². The van der Waals surface area contributed by atoms with Gasteiger partial charge in [-0.3, -0.25) is 14.4 Å². The third-order valence-electron chi connectivity index (χ3n) is 3.20. The average molecular weight is 302 g/mol. The minimum atomic E-state index is -0.416. The number of fused-ring (bicyclic) bond motifs is 1. The summed E-state index contributed by atoms with van der Waals surface area (Å²) in [6.45, 7) is 1.90. The molecule has 2 N–H and O–H groups in total. The van der Waals surface area contributed by atoms with Crippen molar-refractivity contribution in [1.82, 2.24) is 10.3 Å². The molecule has 2 rings (SSSR count). The van der Waals surface area contributed by atoms with Gasteiger partial charge in [-0.05, 0) is 13.0 Å². The number of benzene rings is 1. The van der Waals surface area contributed by atoms with Crippen molar-refractivity contribution in [2.75, 3.05) is 13.2 Å². The smallest absolute Gasteiger partial charge is 0.306 e. The highest BCUT2D eigenvalue weighted by Crippen LogP contribution is 2.17. The molecule has 0 aliphatic carbocycles. The molecule has 22 heavy (non-hydrogen) atoms. The molecular weight excluding hydrogens is 284 g/mol. The van der Waals surface area contributed by atoms with Crippen molar-refractivity contribution in [1.29, 1.82) is 0 Å². The van der Waals surface area contributed by atoms with E-state index in [1.165, 1.54) is 0 Å². The maximum absolute atomic E-state index is 12.1. The Hall–Kier alpha value is -2.63. The van der Waals surface area contributed by atoms with E-state index < -0.39 is 5.97 Å². The Labute approximate surface area is 127 Å². The van der Waals surface area contributed by atoms with Gasteiger partial charge in [-0.25, -0.2) is 0 Å². The number of carbonyl (C=O) groups excluding carboxylic acids is 3. The van der Waals surface area contributed by atoms with Gasteiger partial charge in [0.05, 0.1) is 19.6 Å². The minimum Gasteiger partial charge on any atom is -0.466 e. The van der Waals surface area contributed by atoms with Crippen LogP contribution in [0, 0.1) is 0 Å². The van der Waals surface area contributed by atoms with Crippen molar-refractivity contribution in [3.8, 4) is 0 Å². The molecule has 1 aromatic carbocycles. The van der Waals surface area contributed by atoms with E-state index in [-0.39, 0.29) is 31.1 Å². The lowest BCUT2D eigenvalue weighted by Gasteiger charge is -2.04. The lowest BCUT2D eigenvalue weighted by atomic mass is 10.1. The van der Waals surface area contributed by atoms with Crippen LogP contribution >= 0.6 is 0 Å². The maximum atomic E-state index is 12.1. The molecule has 0 bridgehead atoms. The second-order valence-corrected chi connectivity index (χ2v) is 4.75. The Bertz CT molecular complexity index is 690. The van der Waals surface area contributed by atoms with E-state index in [9.17, 15) is 14.4 Å². The third kappa shape index (κ3) is 3.94. The highest BCUT2D eigenvalue weighted by molar-refractivity contribution is 6.09. The highest BCUT2D eigenvalue weighted by atomic mass is 16.5. The van der Waals surface area contributed by atoms with E-state index >= 15 is 0 Å². The molecule has 1 amide bonds. The van der Waals surface area contributed by atoms with Gasteiger partial charge in [0.25, 0.3) is 0 Å². The molecule has 0 saturated carbocycles. The summed E-state index contributed by atoms with van der Waals surface area (Å²) in [5, 5.41) is 3.35. The van der Waals surface area contributed by atoms with Crippen LogP contribution in [0.15, 0.2) is 30.5 Å². The number of esters is 1. The number of rotatable bonds is 7. The fraction of sp³-hybridized carbons (Fsp3) is 0.312. The van der Waals surface area contributed by atoms with E-state index in [0.29, 0.717) is 12.2 Å². The number of amides is 1. The van der Waals surface area contributed by atoms with Gasteiger partial charge in [-0.15, -0.1) is 0 Å². The molecule has 1 heterocycles. The van der Waals surface area contributed by atoms with E-state index in [1.807, 2.05) is 24.3 Å². The lowest BCUT2D eigenvalue weighted by molar-refractivity contribution is -0.144. The number of hydrogen-bond donors (Lipinski definition) is 2. The maximum Gasteiger partial charge on any atom is 0.306 e. The Morgan fingerprint density at radius 1 is 1.18 bits per heavy atom. The predicted molar refractivity (Wildman–Crippen MR) is 81.5 cm³/mol. The number of aromatic nitrogens is 1. The fourth-order valence-electron chi connectivity index (χ4n) is 2.11. The zero-order valence-electron chi connectivity index (χ0n) is 12.3. The molecule has 116 valence electrons. The predicted octanol–water partition coefficient (Wildman–Crippen LogP) is 1.81. The summed E-state index contributed by atoms with van der Waals surface area (Å²) in [5.41, 5.74) is 1.42. The Kier molecular flexibility index (Phi) is 5.30. The van der Waals surface area contributed by atoms with Crippen LogP contribution < -0.4 is 5.32 Å². The molecule has 0 atom stereocenters. The van der Waals surface area contributed by atoms with Crippen LogP contribution in [0.25, 0.3) is 10.9 Å². The molecule has 0 saturated heterocycles. The number of ether oxygens (including phenoxy) is 1. The molecule has 0 radical (unpaired) electrons. The Balaban J connectivity index is 1.85. The standard InChI is InChI=1S/C16H18N2O4/c1-2-22-16(21)8-7-15(20)18-10-14(19)12-9-17-13-6-4-3-5-11(12)13/h3-6,9,17H,2,7-8,10H2,1H3,(H,18,20). The third-order valence-corrected chi connectivity index (χ3v) is 3.20. The van der Waals surface area contributed by atoms with E-state index in [4.69, 9.17) is 4.74 Å². The zero-order chi connectivity index (χ0) is 15.9. The molecule has 1 aromatic heterocycles. The first-order chi connectivity index (χ1) is 10.6. The van der Waals surface area contributed by atoms with Crippen molar-refractivity contribution in [3.63, 3.8) is 0 Å². The summed E-state index contributed by atoms with van der Waals surface area (Å²) < 4.78 is 4.73. The topological polar surface area (TPSA) is 88.3 Å². The first-order valence-electron chi connectivity index (χ1n) is 7.13. The minimum absolute atomic E-state index is 0.0139. The average Bonchev–Trinajstić information content (AvgIpc) is 2.95. The number of Topliss-reactive ketones (excluding diaryl/α,β-unsaturated/α-hetero) is 1. The Morgan fingerprint density at radius 3 is 2.73 bits per heavy atom. The molecule has 0 aliphatic rings. The number of ketones is 1. The number of hydrogen-bond acceptors (Lipinski definition) is 4. The highest BCUT2D eigenvalue weighted by Gasteiger charge is 2.13. The van der Waals surface area contributed by atoms with Crippen LogP contribution in [-0.4, -0.2) is 35.8 Å².